The summed E-state index contributed by atoms with van der Waals surface area (Å²) in [6, 6.07) is 3.08. The van der Waals surface area contributed by atoms with Crippen molar-refractivity contribution in [3.63, 3.8) is 0 Å². The molecule has 2 saturated heterocycles. The highest BCUT2D eigenvalue weighted by Crippen LogP contribution is 2.44. The highest BCUT2D eigenvalue weighted by atomic mass is 16.3. The summed E-state index contributed by atoms with van der Waals surface area (Å²) in [6.45, 7) is 2.53. The fourth-order valence-corrected chi connectivity index (χ4v) is 4.84. The molecule has 0 saturated carbocycles. The van der Waals surface area contributed by atoms with E-state index < -0.39 is 0 Å². The Morgan fingerprint density at radius 2 is 2.19 bits per heavy atom. The van der Waals surface area contributed by atoms with Crippen molar-refractivity contribution in [1.29, 1.82) is 0 Å². The number of rotatable bonds is 3. The number of anilines is 1. The van der Waals surface area contributed by atoms with Crippen molar-refractivity contribution in [2.24, 2.45) is 7.05 Å². The maximum atomic E-state index is 9.94. The van der Waals surface area contributed by atoms with Crippen molar-refractivity contribution in [1.82, 2.24) is 24.6 Å². The molecular weight excluding hydrogens is 328 g/mol. The molecule has 0 amide bonds. The van der Waals surface area contributed by atoms with E-state index in [4.69, 9.17) is 4.98 Å². The van der Waals surface area contributed by atoms with Crippen molar-refractivity contribution in [3.8, 4) is 0 Å². The predicted molar refractivity (Wildman–Crippen MR) is 97.7 cm³/mol. The van der Waals surface area contributed by atoms with Crippen LogP contribution in [0.3, 0.4) is 0 Å². The van der Waals surface area contributed by atoms with Crippen LogP contribution >= 0.6 is 0 Å². The predicted octanol–water partition coefficient (Wildman–Crippen LogP) is 1.43. The van der Waals surface area contributed by atoms with Crippen LogP contribution in [0.4, 0.5) is 5.95 Å². The fraction of sp³-hybridized carbons (Fsp3) is 0.632. The third-order valence-electron chi connectivity index (χ3n) is 6.26. The summed E-state index contributed by atoms with van der Waals surface area (Å²) in [6.07, 6.45) is 8.94. The minimum Gasteiger partial charge on any atom is -0.391 e. The molecule has 0 radical (unpaired) electrons. The fourth-order valence-electron chi connectivity index (χ4n) is 4.84. The summed E-state index contributed by atoms with van der Waals surface area (Å²) >= 11 is 0. The normalized spacial score (nSPS) is 28.4. The average Bonchev–Trinajstić information content (AvgIpc) is 3.17. The first-order valence-electron chi connectivity index (χ1n) is 9.70. The lowest BCUT2D eigenvalue weighted by Crippen LogP contribution is -2.41. The molecule has 2 aromatic rings. The van der Waals surface area contributed by atoms with Crippen LogP contribution in [0.1, 0.15) is 48.7 Å². The molecule has 1 N–H and O–H groups in total. The van der Waals surface area contributed by atoms with Gasteiger partial charge in [-0.2, -0.15) is 5.10 Å². The first-order valence-corrected chi connectivity index (χ1v) is 9.70. The van der Waals surface area contributed by atoms with Crippen molar-refractivity contribution in [2.45, 2.75) is 56.8 Å². The molecule has 5 heterocycles. The maximum absolute atomic E-state index is 9.94. The van der Waals surface area contributed by atoms with Crippen LogP contribution < -0.4 is 4.90 Å². The number of nitrogens with zero attached hydrogens (tertiary/aromatic N) is 6. The zero-order valence-electron chi connectivity index (χ0n) is 15.3. The summed E-state index contributed by atoms with van der Waals surface area (Å²) in [7, 11) is 2.01. The molecule has 3 atom stereocenters. The monoisotopic (exact) mass is 354 g/mol. The van der Waals surface area contributed by atoms with Crippen molar-refractivity contribution >= 4 is 5.95 Å². The van der Waals surface area contributed by atoms with E-state index in [1.807, 2.05) is 24.1 Å². The minimum atomic E-state index is -0.256. The Labute approximate surface area is 153 Å². The lowest BCUT2D eigenvalue weighted by Gasteiger charge is -2.36. The summed E-state index contributed by atoms with van der Waals surface area (Å²) < 4.78 is 1.97. The Bertz CT molecular complexity index is 805. The van der Waals surface area contributed by atoms with Gasteiger partial charge in [-0.25, -0.2) is 9.97 Å². The van der Waals surface area contributed by atoms with Gasteiger partial charge in [-0.15, -0.1) is 0 Å². The molecule has 2 fully saturated rings. The Balaban J connectivity index is 1.40. The van der Waals surface area contributed by atoms with Gasteiger partial charge in [-0.3, -0.25) is 9.58 Å². The van der Waals surface area contributed by atoms with Crippen molar-refractivity contribution < 1.29 is 5.11 Å². The van der Waals surface area contributed by atoms with Gasteiger partial charge in [0.15, 0.2) is 0 Å². The number of β-amino-alcohol motifs (C(OH)–C–C–N with tert-alkyl or cyclic N) is 1. The third-order valence-corrected chi connectivity index (χ3v) is 6.26. The van der Waals surface area contributed by atoms with Gasteiger partial charge in [0.25, 0.3) is 0 Å². The van der Waals surface area contributed by atoms with Crippen LogP contribution in [0.15, 0.2) is 18.5 Å². The Morgan fingerprint density at radius 1 is 1.27 bits per heavy atom. The molecule has 26 heavy (non-hydrogen) atoms. The van der Waals surface area contributed by atoms with Crippen molar-refractivity contribution in [2.75, 3.05) is 18.0 Å². The Hall–Kier alpha value is -1.99. The van der Waals surface area contributed by atoms with Gasteiger partial charge in [-0.1, -0.05) is 0 Å². The largest absolute Gasteiger partial charge is 0.391 e. The maximum Gasteiger partial charge on any atom is 0.225 e. The summed E-state index contributed by atoms with van der Waals surface area (Å²) in [5.41, 5.74) is 3.76. The number of hydrogen-bond donors (Lipinski definition) is 1. The Kier molecular flexibility index (Phi) is 3.94. The first kappa shape index (κ1) is 16.2. The highest BCUT2D eigenvalue weighted by Gasteiger charge is 2.41. The second-order valence-corrected chi connectivity index (χ2v) is 7.88. The summed E-state index contributed by atoms with van der Waals surface area (Å²) in [5.74, 6) is 0.794. The summed E-state index contributed by atoms with van der Waals surface area (Å²) in [5, 5.41) is 14.2. The van der Waals surface area contributed by atoms with Crippen LogP contribution in [-0.4, -0.2) is 55.0 Å². The van der Waals surface area contributed by atoms with E-state index in [9.17, 15) is 5.11 Å². The first-order chi connectivity index (χ1) is 12.7. The number of piperidine rings is 1. The number of aryl methyl sites for hydroxylation is 1. The number of hydrogen-bond acceptors (Lipinski definition) is 6. The molecule has 0 aromatic carbocycles. The molecule has 3 aliphatic rings. The number of aromatic nitrogens is 4. The molecule has 7 nitrogen and oxygen atoms in total. The SMILES string of the molecule is Cn1nccc1CN1[C@H]2CC[C@H]1c1cnc(N3CCC[C@@H](O)C3)nc1C2. The van der Waals surface area contributed by atoms with Gasteiger partial charge >= 0.3 is 0 Å². The zero-order valence-corrected chi connectivity index (χ0v) is 15.3. The van der Waals surface area contributed by atoms with Gasteiger partial charge in [0.2, 0.25) is 5.95 Å². The number of fused-ring (bicyclic) bond motifs is 4. The van der Waals surface area contributed by atoms with Gasteiger partial charge in [0.05, 0.1) is 17.5 Å². The van der Waals surface area contributed by atoms with Crippen molar-refractivity contribution in [3.05, 3.63) is 35.4 Å². The molecule has 3 aliphatic heterocycles. The van der Waals surface area contributed by atoms with E-state index in [2.05, 4.69) is 25.9 Å². The average molecular weight is 354 g/mol. The third kappa shape index (κ3) is 2.70. The number of aliphatic hydroxyl groups is 1. The van der Waals surface area contributed by atoms with Gasteiger partial charge in [0, 0.05) is 63.1 Å². The van der Waals surface area contributed by atoms with E-state index in [0.29, 0.717) is 18.6 Å². The lowest BCUT2D eigenvalue weighted by molar-refractivity contribution is 0.152. The Morgan fingerprint density at radius 3 is 3.00 bits per heavy atom. The van der Waals surface area contributed by atoms with Gasteiger partial charge in [-0.05, 0) is 31.7 Å². The van der Waals surface area contributed by atoms with Crippen LogP contribution in [0.2, 0.25) is 0 Å². The molecular formula is C19H26N6O. The van der Waals surface area contributed by atoms with Crippen LogP contribution in [0.5, 0.6) is 0 Å². The van der Waals surface area contributed by atoms with Crippen LogP contribution in [0.25, 0.3) is 0 Å². The van der Waals surface area contributed by atoms with E-state index in [0.717, 1.165) is 38.3 Å². The van der Waals surface area contributed by atoms with Crippen LogP contribution in [-0.2, 0) is 20.0 Å². The molecule has 7 heteroatoms. The highest BCUT2D eigenvalue weighted by molar-refractivity contribution is 5.37. The quantitative estimate of drug-likeness (QED) is 0.899. The van der Waals surface area contributed by atoms with E-state index in [1.54, 1.807) is 0 Å². The molecule has 0 aliphatic carbocycles. The van der Waals surface area contributed by atoms with Crippen LogP contribution in [0, 0.1) is 0 Å². The standard InChI is InChI=1S/C19H26N6O/c1-23-14(6-7-21-23)11-25-13-4-5-18(25)16-10-20-19(22-17(16)9-13)24-8-2-3-15(26)12-24/h6-7,10,13,15,18,26H,2-5,8-9,11-12H2,1H3/t13-,15+,18-/m0/s1. The molecule has 138 valence electrons. The van der Waals surface area contributed by atoms with E-state index in [1.165, 1.54) is 29.8 Å². The van der Waals surface area contributed by atoms with E-state index >= 15 is 0 Å². The zero-order chi connectivity index (χ0) is 17.7. The second-order valence-electron chi connectivity index (χ2n) is 7.88. The topological polar surface area (TPSA) is 70.3 Å². The second kappa shape index (κ2) is 6.32. The smallest absolute Gasteiger partial charge is 0.225 e. The van der Waals surface area contributed by atoms with Gasteiger partial charge in [0.1, 0.15) is 0 Å². The lowest BCUT2D eigenvalue weighted by atomic mass is 9.99. The minimum absolute atomic E-state index is 0.256. The molecule has 0 unspecified atom stereocenters. The number of aliphatic hydroxyl groups excluding tert-OH is 1. The molecule has 5 rings (SSSR count). The van der Waals surface area contributed by atoms with Gasteiger partial charge < -0.3 is 10.0 Å². The molecule has 2 aromatic heterocycles. The molecule has 2 bridgehead atoms. The van der Waals surface area contributed by atoms with E-state index in [-0.39, 0.29) is 6.10 Å². The summed E-state index contributed by atoms with van der Waals surface area (Å²) in [4.78, 5) is 14.3. The molecule has 0 spiro atoms.